The lowest BCUT2D eigenvalue weighted by molar-refractivity contribution is -0.0459. The summed E-state index contributed by atoms with van der Waals surface area (Å²) in [5.41, 5.74) is 1.92. The van der Waals surface area contributed by atoms with E-state index in [-0.39, 0.29) is 13.0 Å². The number of aromatic nitrogens is 2. The van der Waals surface area contributed by atoms with Crippen LogP contribution in [-0.4, -0.2) is 38.6 Å². The van der Waals surface area contributed by atoms with Gasteiger partial charge in [-0.15, -0.1) is 0 Å². The van der Waals surface area contributed by atoms with Crippen molar-refractivity contribution in [3.63, 3.8) is 0 Å². The molecule has 1 fully saturated rings. The lowest BCUT2D eigenvalue weighted by Gasteiger charge is -2.16. The number of aryl methyl sites for hydroxylation is 1. The maximum Gasteiger partial charge on any atom is 0.350 e. The molecule has 6 heteroatoms. The second kappa shape index (κ2) is 6.64. The Kier molecular flexibility index (Phi) is 4.32. The summed E-state index contributed by atoms with van der Waals surface area (Å²) in [6.07, 6.45) is -0.130. The summed E-state index contributed by atoms with van der Waals surface area (Å²) in [6.45, 7) is 1.61. The third-order valence-corrected chi connectivity index (χ3v) is 4.85. The van der Waals surface area contributed by atoms with Crippen LogP contribution in [0, 0.1) is 6.92 Å². The summed E-state index contributed by atoms with van der Waals surface area (Å²) >= 11 is 0. The van der Waals surface area contributed by atoms with Crippen molar-refractivity contribution in [3.8, 4) is 11.3 Å². The average molecular weight is 352 g/mol. The number of nitrogens with zero attached hydrogens (tertiary/aromatic N) is 2. The van der Waals surface area contributed by atoms with Crippen LogP contribution in [0.2, 0.25) is 0 Å². The van der Waals surface area contributed by atoms with E-state index in [9.17, 15) is 15.0 Å². The Hall–Kier alpha value is -2.54. The van der Waals surface area contributed by atoms with Gasteiger partial charge in [0, 0.05) is 18.2 Å². The summed E-state index contributed by atoms with van der Waals surface area (Å²) in [5, 5.41) is 21.3. The molecule has 0 amide bonds. The Balaban J connectivity index is 1.72. The van der Waals surface area contributed by atoms with Gasteiger partial charge >= 0.3 is 5.69 Å². The molecular formula is C20H20N2O4. The molecule has 0 unspecified atom stereocenters. The van der Waals surface area contributed by atoms with Crippen molar-refractivity contribution in [2.45, 2.75) is 31.8 Å². The standard InChI is InChI=1S/C20H20N2O4/c1-12-10-22(18-9-16(24)17(11-23)26-18)20(25)21-19(12)15-7-6-13-4-2-3-5-14(13)8-15/h2-8,10,16-18,23-24H,9,11H2,1H3/t16-,17+,18+/m0/s1. The molecule has 1 aromatic heterocycles. The van der Waals surface area contributed by atoms with Crippen molar-refractivity contribution < 1.29 is 14.9 Å². The SMILES string of the molecule is Cc1cn([C@H]2C[C@H](O)[C@@H](CO)O2)c(=O)nc1-c1ccc2ccccc2c1. The number of ether oxygens (including phenoxy) is 1. The summed E-state index contributed by atoms with van der Waals surface area (Å²) in [4.78, 5) is 16.8. The Bertz CT molecular complexity index is 1010. The monoisotopic (exact) mass is 352 g/mol. The molecule has 2 heterocycles. The van der Waals surface area contributed by atoms with Gasteiger partial charge in [0.1, 0.15) is 12.3 Å². The third-order valence-electron chi connectivity index (χ3n) is 4.85. The van der Waals surface area contributed by atoms with E-state index >= 15 is 0 Å². The Morgan fingerprint density at radius 1 is 1.23 bits per heavy atom. The average Bonchev–Trinajstić information content (AvgIpc) is 3.03. The molecule has 2 N–H and O–H groups in total. The molecule has 3 aromatic rings. The van der Waals surface area contributed by atoms with Crippen LogP contribution in [0.15, 0.2) is 53.5 Å². The number of fused-ring (bicyclic) bond motifs is 1. The Morgan fingerprint density at radius 2 is 2.00 bits per heavy atom. The van der Waals surface area contributed by atoms with Crippen molar-refractivity contribution in [2.24, 2.45) is 0 Å². The van der Waals surface area contributed by atoms with Gasteiger partial charge in [-0.1, -0.05) is 36.4 Å². The number of benzene rings is 2. The summed E-state index contributed by atoms with van der Waals surface area (Å²) < 4.78 is 6.96. The zero-order chi connectivity index (χ0) is 18.3. The fourth-order valence-electron chi connectivity index (χ4n) is 3.45. The van der Waals surface area contributed by atoms with Gasteiger partial charge in [-0.05, 0) is 29.3 Å². The van der Waals surface area contributed by atoms with Crippen LogP contribution < -0.4 is 5.69 Å². The van der Waals surface area contributed by atoms with Crippen LogP contribution >= 0.6 is 0 Å². The Labute approximate surface area is 150 Å². The number of aliphatic hydroxyl groups is 2. The predicted molar refractivity (Wildman–Crippen MR) is 97.8 cm³/mol. The van der Waals surface area contributed by atoms with E-state index in [2.05, 4.69) is 4.98 Å². The van der Waals surface area contributed by atoms with E-state index in [0.717, 1.165) is 21.9 Å². The minimum absolute atomic E-state index is 0.252. The van der Waals surface area contributed by atoms with Gasteiger partial charge in [-0.3, -0.25) is 4.57 Å². The smallest absolute Gasteiger partial charge is 0.350 e. The van der Waals surface area contributed by atoms with Gasteiger partial charge in [-0.2, -0.15) is 4.98 Å². The highest BCUT2D eigenvalue weighted by molar-refractivity contribution is 5.87. The van der Waals surface area contributed by atoms with Gasteiger partial charge < -0.3 is 14.9 Å². The number of hydrogen-bond acceptors (Lipinski definition) is 5. The molecule has 134 valence electrons. The molecule has 3 atom stereocenters. The summed E-state index contributed by atoms with van der Waals surface area (Å²) in [6, 6.07) is 14.0. The highest BCUT2D eigenvalue weighted by Crippen LogP contribution is 2.29. The highest BCUT2D eigenvalue weighted by atomic mass is 16.5. The number of aliphatic hydroxyl groups excluding tert-OH is 2. The van der Waals surface area contributed by atoms with Crippen molar-refractivity contribution in [3.05, 3.63) is 64.7 Å². The molecule has 0 saturated carbocycles. The van der Waals surface area contributed by atoms with Crippen molar-refractivity contribution in [1.29, 1.82) is 0 Å². The lowest BCUT2D eigenvalue weighted by atomic mass is 10.0. The molecule has 1 aliphatic rings. The fourth-order valence-corrected chi connectivity index (χ4v) is 3.45. The van der Waals surface area contributed by atoms with Gasteiger partial charge in [0.25, 0.3) is 0 Å². The minimum atomic E-state index is -0.794. The molecule has 4 rings (SSSR count). The molecule has 26 heavy (non-hydrogen) atoms. The molecule has 2 aromatic carbocycles. The normalized spacial score (nSPS) is 22.8. The number of rotatable bonds is 3. The van der Waals surface area contributed by atoms with Crippen LogP contribution in [0.4, 0.5) is 0 Å². The second-order valence-corrected chi connectivity index (χ2v) is 6.64. The molecule has 1 aliphatic heterocycles. The molecule has 0 radical (unpaired) electrons. The van der Waals surface area contributed by atoms with Gasteiger partial charge in [0.15, 0.2) is 0 Å². The Morgan fingerprint density at radius 3 is 2.73 bits per heavy atom. The van der Waals surface area contributed by atoms with E-state index in [4.69, 9.17) is 4.74 Å². The van der Waals surface area contributed by atoms with Crippen molar-refractivity contribution >= 4 is 10.8 Å². The van der Waals surface area contributed by atoms with E-state index < -0.39 is 24.1 Å². The first-order valence-corrected chi connectivity index (χ1v) is 8.60. The molecule has 6 nitrogen and oxygen atoms in total. The third kappa shape index (κ3) is 2.92. The van der Waals surface area contributed by atoms with E-state index in [0.29, 0.717) is 5.69 Å². The molecule has 0 aliphatic carbocycles. The topological polar surface area (TPSA) is 84.6 Å². The second-order valence-electron chi connectivity index (χ2n) is 6.64. The number of hydrogen-bond donors (Lipinski definition) is 2. The van der Waals surface area contributed by atoms with E-state index in [1.807, 2.05) is 49.4 Å². The molecule has 0 spiro atoms. The van der Waals surface area contributed by atoms with Crippen molar-refractivity contribution in [2.75, 3.05) is 6.61 Å². The minimum Gasteiger partial charge on any atom is -0.394 e. The molecular weight excluding hydrogens is 332 g/mol. The van der Waals surface area contributed by atoms with Crippen LogP contribution in [-0.2, 0) is 4.74 Å². The highest BCUT2D eigenvalue weighted by Gasteiger charge is 2.35. The van der Waals surface area contributed by atoms with Gasteiger partial charge in [-0.25, -0.2) is 4.79 Å². The molecule has 0 bridgehead atoms. The fraction of sp³-hybridized carbons (Fsp3) is 0.300. The van der Waals surface area contributed by atoms with Gasteiger partial charge in [0.2, 0.25) is 0 Å². The van der Waals surface area contributed by atoms with E-state index in [1.54, 1.807) is 6.20 Å². The van der Waals surface area contributed by atoms with Crippen LogP contribution in [0.5, 0.6) is 0 Å². The van der Waals surface area contributed by atoms with Crippen LogP contribution in [0.1, 0.15) is 18.2 Å². The van der Waals surface area contributed by atoms with Crippen LogP contribution in [0.3, 0.4) is 0 Å². The maximum absolute atomic E-state index is 12.5. The predicted octanol–water partition coefficient (Wildman–Crippen LogP) is 2.01. The van der Waals surface area contributed by atoms with E-state index in [1.165, 1.54) is 4.57 Å². The summed E-state index contributed by atoms with van der Waals surface area (Å²) in [7, 11) is 0. The first-order valence-electron chi connectivity index (χ1n) is 8.60. The maximum atomic E-state index is 12.5. The van der Waals surface area contributed by atoms with Gasteiger partial charge in [0.05, 0.1) is 18.4 Å². The van der Waals surface area contributed by atoms with Crippen molar-refractivity contribution in [1.82, 2.24) is 9.55 Å². The zero-order valence-corrected chi connectivity index (χ0v) is 14.4. The zero-order valence-electron chi connectivity index (χ0n) is 14.4. The quantitative estimate of drug-likeness (QED) is 0.753. The molecule has 1 saturated heterocycles. The largest absolute Gasteiger partial charge is 0.394 e. The lowest BCUT2D eigenvalue weighted by Crippen LogP contribution is -2.28. The first-order chi connectivity index (χ1) is 12.6. The van der Waals surface area contributed by atoms with Crippen LogP contribution in [0.25, 0.3) is 22.0 Å². The first kappa shape index (κ1) is 16.9. The summed E-state index contributed by atoms with van der Waals surface area (Å²) in [5.74, 6) is 0.